The monoisotopic (exact) mass is 292 g/mol. The molecule has 0 saturated carbocycles. The van der Waals surface area contributed by atoms with E-state index in [1.165, 1.54) is 0 Å². The first-order valence-electron chi connectivity index (χ1n) is 1.53. The molecule has 0 aliphatic carbocycles. The Kier molecular flexibility index (Phi) is 20.7. The first kappa shape index (κ1) is 24.9. The zero-order chi connectivity index (χ0) is 7.71. The molecule has 0 aromatic carbocycles. The predicted molar refractivity (Wildman–Crippen MR) is 26.3 cm³/mol. The van der Waals surface area contributed by atoms with E-state index >= 15 is 0 Å². The van der Waals surface area contributed by atoms with E-state index in [2.05, 4.69) is 4.31 Å². The smallest absolute Gasteiger partial charge is 1.00 e. The quantitative estimate of drug-likeness (QED) is 0.294. The summed E-state index contributed by atoms with van der Waals surface area (Å²) >= 11 is 0. The molecule has 12 heteroatoms. The molecule has 0 saturated heterocycles. The summed E-state index contributed by atoms with van der Waals surface area (Å²) in [4.78, 5) is 31.0. The van der Waals surface area contributed by atoms with Gasteiger partial charge in [-0.15, -0.1) is 0 Å². The summed E-state index contributed by atoms with van der Waals surface area (Å²) in [6.07, 6.45) is 0. The first-order valence-corrected chi connectivity index (χ1v) is 4.59. The standard InChI is InChI=1S/ClH.2K.H4O7P2.H/c;;;1-8(2,3)7-9(4,5)6;/h1H;;;(H2,1,2,3)(H2,4,5,6);/q;2*+1;;-1/p-1. The molecule has 0 aromatic rings. The van der Waals surface area contributed by atoms with Gasteiger partial charge in [-0.2, -0.15) is 4.31 Å². The third-order valence-corrected chi connectivity index (χ3v) is 1.91. The molecule has 0 fully saturated rings. The minimum absolute atomic E-state index is 0. The molecule has 4 N–H and O–H groups in total. The summed E-state index contributed by atoms with van der Waals surface area (Å²) in [5, 5.41) is 0. The molecule has 0 atom stereocenters. The van der Waals surface area contributed by atoms with Gasteiger partial charge >= 0.3 is 118 Å². The van der Waals surface area contributed by atoms with Gasteiger partial charge in [-0.25, -0.2) is 9.13 Å². The van der Waals surface area contributed by atoms with Crippen LogP contribution >= 0.6 is 15.6 Å². The molecule has 12 heavy (non-hydrogen) atoms. The van der Waals surface area contributed by atoms with Crippen LogP contribution in [0.2, 0.25) is 0 Å². The fourth-order valence-corrected chi connectivity index (χ4v) is 1.25. The van der Waals surface area contributed by atoms with Crippen LogP contribution in [0.3, 0.4) is 0 Å². The summed E-state index contributed by atoms with van der Waals surface area (Å²) in [7, 11) is -10.1. The molecule has 0 heterocycles. The molecule has 0 aliphatic rings. The molecule has 0 rings (SSSR count). The van der Waals surface area contributed by atoms with E-state index in [1.54, 1.807) is 0 Å². The summed E-state index contributed by atoms with van der Waals surface area (Å²) in [6, 6.07) is 0. The summed E-state index contributed by atoms with van der Waals surface area (Å²) < 4.78 is 22.2. The van der Waals surface area contributed by atoms with Crippen LogP contribution in [0.25, 0.3) is 0 Å². The van der Waals surface area contributed by atoms with Crippen molar-refractivity contribution in [1.29, 1.82) is 0 Å². The van der Waals surface area contributed by atoms with Gasteiger partial charge in [-0.3, -0.25) is 0 Å². The van der Waals surface area contributed by atoms with Crippen LogP contribution in [-0.2, 0) is 13.4 Å². The predicted octanol–water partition coefficient (Wildman–Crippen LogP) is -9.69. The maximum absolute atomic E-state index is 9.63. The average Bonchev–Trinajstić information content (AvgIpc) is 1.14. The number of phosphoric acid groups is 2. The molecular formula is H5ClK2O7P2. The van der Waals surface area contributed by atoms with Crippen LogP contribution in [0.15, 0.2) is 0 Å². The molecule has 0 unspecified atom stereocenters. The molecule has 0 aromatic heterocycles. The molecular weight excluding hydrogens is 288 g/mol. The van der Waals surface area contributed by atoms with Crippen LogP contribution in [0.5, 0.6) is 0 Å². The Morgan fingerprint density at radius 1 is 0.917 bits per heavy atom. The van der Waals surface area contributed by atoms with Gasteiger partial charge in [0.1, 0.15) is 0 Å². The van der Waals surface area contributed by atoms with E-state index in [9.17, 15) is 9.13 Å². The van der Waals surface area contributed by atoms with Gasteiger partial charge in [0.2, 0.25) is 0 Å². The van der Waals surface area contributed by atoms with Crippen molar-refractivity contribution in [2.24, 2.45) is 0 Å². The SMILES string of the molecule is O=P(O)(O)OP(=O)(O)O.[Cl-].[H-].[K+].[K+]. The van der Waals surface area contributed by atoms with E-state index in [1.807, 2.05) is 0 Å². The maximum atomic E-state index is 9.63. The molecule has 0 spiro atoms. The fraction of sp³-hybridized carbons (Fsp3) is 0. The summed E-state index contributed by atoms with van der Waals surface area (Å²) in [5.74, 6) is 0. The largest absolute Gasteiger partial charge is 1.00 e. The molecule has 7 nitrogen and oxygen atoms in total. The molecule has 66 valence electrons. The Balaban J connectivity index is -0.0000000533. The van der Waals surface area contributed by atoms with Crippen molar-refractivity contribution in [1.82, 2.24) is 0 Å². The van der Waals surface area contributed by atoms with Gasteiger partial charge < -0.3 is 33.4 Å². The van der Waals surface area contributed by atoms with E-state index in [4.69, 9.17) is 19.6 Å². The van der Waals surface area contributed by atoms with Gasteiger partial charge in [0.15, 0.2) is 0 Å². The van der Waals surface area contributed by atoms with Crippen molar-refractivity contribution in [2.75, 3.05) is 0 Å². The van der Waals surface area contributed by atoms with Gasteiger partial charge in [-0.05, 0) is 0 Å². The van der Waals surface area contributed by atoms with Gasteiger partial charge in [0, 0.05) is 0 Å². The Labute approximate surface area is 161 Å². The number of hydrogen-bond acceptors (Lipinski definition) is 3. The van der Waals surface area contributed by atoms with Crippen molar-refractivity contribution in [2.45, 2.75) is 0 Å². The Bertz CT molecular complexity index is 165. The molecule has 0 bridgehead atoms. The Morgan fingerprint density at radius 3 is 1.08 bits per heavy atom. The zero-order valence-corrected chi connectivity index (χ0v) is 15.1. The number of halogens is 1. The zero-order valence-electron chi connectivity index (χ0n) is 7.29. The van der Waals surface area contributed by atoms with Gasteiger partial charge in [-0.1, -0.05) is 0 Å². The summed E-state index contributed by atoms with van der Waals surface area (Å²) in [5.41, 5.74) is 0. The third kappa shape index (κ3) is 23.6. The van der Waals surface area contributed by atoms with E-state index in [0.717, 1.165) is 0 Å². The second kappa shape index (κ2) is 10.0. The average molecular weight is 293 g/mol. The van der Waals surface area contributed by atoms with Crippen LogP contribution < -0.4 is 115 Å². The van der Waals surface area contributed by atoms with Crippen molar-refractivity contribution in [3.05, 3.63) is 0 Å². The van der Waals surface area contributed by atoms with Crippen molar-refractivity contribution in [3.8, 4) is 0 Å². The van der Waals surface area contributed by atoms with Crippen LogP contribution in [0.1, 0.15) is 1.43 Å². The third-order valence-electron chi connectivity index (χ3n) is 0.213. The molecule has 0 amide bonds. The van der Waals surface area contributed by atoms with Gasteiger partial charge in [0.05, 0.1) is 0 Å². The topological polar surface area (TPSA) is 124 Å². The Hall–Kier alpha value is 3.82. The maximum Gasteiger partial charge on any atom is 1.00 e. The second-order valence-corrected chi connectivity index (χ2v) is 3.68. The first-order chi connectivity index (χ1) is 3.71. The second-order valence-electron chi connectivity index (χ2n) is 1.06. The molecule has 0 radical (unpaired) electrons. The fourth-order valence-electron chi connectivity index (χ4n) is 0.139. The normalized spacial score (nSPS) is 10.3. The van der Waals surface area contributed by atoms with Crippen molar-refractivity contribution in [3.63, 3.8) is 0 Å². The minimum Gasteiger partial charge on any atom is -1.00 e. The van der Waals surface area contributed by atoms with E-state index in [-0.39, 0.29) is 117 Å². The van der Waals surface area contributed by atoms with Crippen molar-refractivity contribution < 1.29 is 150 Å². The minimum atomic E-state index is -5.05. The van der Waals surface area contributed by atoms with Crippen molar-refractivity contribution >= 4 is 15.6 Å². The van der Waals surface area contributed by atoms with Crippen LogP contribution in [0.4, 0.5) is 0 Å². The van der Waals surface area contributed by atoms with Crippen LogP contribution in [0, 0.1) is 0 Å². The molecule has 0 aliphatic heterocycles. The number of rotatable bonds is 2. The Morgan fingerprint density at radius 2 is 1.08 bits per heavy atom. The summed E-state index contributed by atoms with van der Waals surface area (Å²) in [6.45, 7) is 0. The van der Waals surface area contributed by atoms with Gasteiger partial charge in [0.25, 0.3) is 0 Å². The number of hydrogen-bond donors (Lipinski definition) is 4. The van der Waals surface area contributed by atoms with E-state index in [0.29, 0.717) is 0 Å². The van der Waals surface area contributed by atoms with Crippen LogP contribution in [-0.4, -0.2) is 19.6 Å². The van der Waals surface area contributed by atoms with E-state index < -0.39 is 15.6 Å².